The number of carboxylic acid groups (broad SMARTS) is 1. The zero-order valence-corrected chi connectivity index (χ0v) is 27.4. The van der Waals surface area contributed by atoms with Crippen molar-refractivity contribution in [2.75, 3.05) is 6.61 Å². The van der Waals surface area contributed by atoms with E-state index in [-0.39, 0.29) is 71.7 Å². The van der Waals surface area contributed by atoms with Crippen molar-refractivity contribution in [3.63, 3.8) is 0 Å². The van der Waals surface area contributed by atoms with Gasteiger partial charge in [0.05, 0.1) is 25.0 Å². The van der Waals surface area contributed by atoms with E-state index in [4.69, 9.17) is 14.2 Å². The van der Waals surface area contributed by atoms with E-state index in [1.807, 2.05) is 0 Å². The van der Waals surface area contributed by atoms with E-state index in [0.717, 1.165) is 19.3 Å². The van der Waals surface area contributed by atoms with Crippen molar-refractivity contribution in [2.45, 2.75) is 136 Å². The number of carbonyl (C=O) groups excluding carboxylic acids is 3. The molecule has 0 aliphatic heterocycles. The molecule has 0 spiro atoms. The van der Waals surface area contributed by atoms with Gasteiger partial charge >= 0.3 is 23.9 Å². The van der Waals surface area contributed by atoms with Crippen LogP contribution >= 0.6 is 0 Å². The van der Waals surface area contributed by atoms with Crippen LogP contribution in [0.25, 0.3) is 0 Å². The molecule has 0 amide bonds. The lowest BCUT2D eigenvalue weighted by atomic mass is 9.43. The summed E-state index contributed by atoms with van der Waals surface area (Å²) in [5, 5.41) is 32.6. The standard InChI is InChI=1S/C34H54O10/c1-19(7-10-27(37)38)22-8-9-23-31-24(17-26(36)34(22,23)6)33(5)14-13-21(15-20(33)16-25(31)35)43-29(40)12-11-28(39)42-18-30(41)44-32(2,3)4/h19-26,31,35-36H,7-18H2,1-6H3,(H,37,38). The number of carboxylic acids is 1. The SMILES string of the molecule is CC(CCC(=O)O)C1CCC2C3C(O)CC4CC(OC(=O)CCC(=O)OCC(=O)OC(C)(C)C)CCC4(C)C3CC(O)C12C. The Morgan fingerprint density at radius 3 is 2.23 bits per heavy atom. The summed E-state index contributed by atoms with van der Waals surface area (Å²) >= 11 is 0. The highest BCUT2D eigenvalue weighted by Gasteiger charge is 2.65. The summed E-state index contributed by atoms with van der Waals surface area (Å²) in [6.45, 7) is 11.2. The first-order valence-corrected chi connectivity index (χ1v) is 16.6. The molecule has 11 unspecified atom stereocenters. The molecule has 250 valence electrons. The van der Waals surface area contributed by atoms with Crippen molar-refractivity contribution in [1.82, 2.24) is 0 Å². The molecule has 0 saturated heterocycles. The number of hydrogen-bond acceptors (Lipinski definition) is 9. The van der Waals surface area contributed by atoms with Crippen LogP contribution in [-0.4, -0.2) is 69.7 Å². The van der Waals surface area contributed by atoms with Gasteiger partial charge in [0.1, 0.15) is 11.7 Å². The van der Waals surface area contributed by atoms with Crippen molar-refractivity contribution >= 4 is 23.9 Å². The van der Waals surface area contributed by atoms with Gasteiger partial charge in [-0.15, -0.1) is 0 Å². The summed E-state index contributed by atoms with van der Waals surface area (Å²) in [6.07, 6.45) is 4.38. The Bertz CT molecular complexity index is 1080. The second-order valence-corrected chi connectivity index (χ2v) is 15.6. The number of rotatable bonds is 10. The molecule has 10 heteroatoms. The molecule has 0 radical (unpaired) electrons. The van der Waals surface area contributed by atoms with Gasteiger partial charge < -0.3 is 29.5 Å². The van der Waals surface area contributed by atoms with Crippen molar-refractivity contribution in [1.29, 1.82) is 0 Å². The number of ether oxygens (including phenoxy) is 3. The molecular formula is C34H54O10. The van der Waals surface area contributed by atoms with Gasteiger partial charge in [0.15, 0.2) is 6.61 Å². The molecule has 44 heavy (non-hydrogen) atoms. The summed E-state index contributed by atoms with van der Waals surface area (Å²) in [6, 6.07) is 0. The highest BCUT2D eigenvalue weighted by Crippen LogP contribution is 2.68. The largest absolute Gasteiger partial charge is 0.481 e. The van der Waals surface area contributed by atoms with Gasteiger partial charge in [-0.05, 0) is 118 Å². The molecule has 0 heterocycles. The van der Waals surface area contributed by atoms with Crippen LogP contribution in [0.2, 0.25) is 0 Å². The van der Waals surface area contributed by atoms with E-state index in [1.54, 1.807) is 20.8 Å². The minimum absolute atomic E-state index is 0.0897. The Morgan fingerprint density at radius 1 is 0.886 bits per heavy atom. The van der Waals surface area contributed by atoms with Crippen LogP contribution in [0.1, 0.15) is 112 Å². The average molecular weight is 623 g/mol. The molecule has 10 nitrogen and oxygen atoms in total. The molecule has 0 bridgehead atoms. The summed E-state index contributed by atoms with van der Waals surface area (Å²) in [5.74, 6) is -1.59. The maximum atomic E-state index is 12.6. The Hall–Kier alpha value is -2.20. The van der Waals surface area contributed by atoms with E-state index in [1.165, 1.54) is 0 Å². The average Bonchev–Trinajstić information content (AvgIpc) is 3.28. The smallest absolute Gasteiger partial charge is 0.344 e. The molecule has 4 aliphatic rings. The second-order valence-electron chi connectivity index (χ2n) is 15.6. The predicted molar refractivity (Wildman–Crippen MR) is 160 cm³/mol. The van der Waals surface area contributed by atoms with Crippen LogP contribution in [0.3, 0.4) is 0 Å². The number of aliphatic carboxylic acids is 1. The normalized spacial score (nSPS) is 38.8. The van der Waals surface area contributed by atoms with Gasteiger partial charge in [-0.2, -0.15) is 0 Å². The lowest BCUT2D eigenvalue weighted by molar-refractivity contribution is -0.209. The maximum absolute atomic E-state index is 12.6. The quantitative estimate of drug-likeness (QED) is 0.231. The Morgan fingerprint density at radius 2 is 1.57 bits per heavy atom. The summed E-state index contributed by atoms with van der Waals surface area (Å²) in [4.78, 5) is 47.6. The predicted octanol–water partition coefficient (Wildman–Crippen LogP) is 4.66. The van der Waals surface area contributed by atoms with Crippen LogP contribution in [0.5, 0.6) is 0 Å². The van der Waals surface area contributed by atoms with Crippen LogP contribution in [-0.2, 0) is 33.4 Å². The number of fused-ring (bicyclic) bond motifs is 5. The van der Waals surface area contributed by atoms with Crippen LogP contribution in [0.15, 0.2) is 0 Å². The molecule has 3 N–H and O–H groups in total. The van der Waals surface area contributed by atoms with Gasteiger partial charge in [-0.3, -0.25) is 14.4 Å². The zero-order chi connectivity index (χ0) is 32.6. The Balaban J connectivity index is 1.32. The highest BCUT2D eigenvalue weighted by atomic mass is 16.6. The van der Waals surface area contributed by atoms with Crippen LogP contribution < -0.4 is 0 Å². The molecule has 4 aliphatic carbocycles. The summed E-state index contributed by atoms with van der Waals surface area (Å²) in [5.41, 5.74) is -1.11. The lowest BCUT2D eigenvalue weighted by Crippen LogP contribution is -2.62. The molecule has 4 rings (SSSR count). The number of hydrogen-bond donors (Lipinski definition) is 3. The Labute approximate surface area is 261 Å². The zero-order valence-electron chi connectivity index (χ0n) is 27.4. The molecular weight excluding hydrogens is 568 g/mol. The second kappa shape index (κ2) is 13.3. The first-order chi connectivity index (χ1) is 20.5. The third kappa shape index (κ3) is 7.27. The van der Waals surface area contributed by atoms with E-state index in [0.29, 0.717) is 32.1 Å². The molecule has 0 aromatic carbocycles. The molecule has 4 saturated carbocycles. The number of carbonyl (C=O) groups is 4. The van der Waals surface area contributed by atoms with Gasteiger partial charge in [0.2, 0.25) is 0 Å². The minimum Gasteiger partial charge on any atom is -0.481 e. The van der Waals surface area contributed by atoms with Gasteiger partial charge in [-0.25, -0.2) is 4.79 Å². The fourth-order valence-corrected chi connectivity index (χ4v) is 9.81. The monoisotopic (exact) mass is 622 g/mol. The molecule has 0 aromatic rings. The fraction of sp³-hybridized carbons (Fsp3) is 0.882. The molecule has 0 aromatic heterocycles. The van der Waals surface area contributed by atoms with E-state index < -0.39 is 48.3 Å². The van der Waals surface area contributed by atoms with Crippen LogP contribution in [0.4, 0.5) is 0 Å². The first-order valence-electron chi connectivity index (χ1n) is 16.6. The van der Waals surface area contributed by atoms with E-state index >= 15 is 0 Å². The third-order valence-electron chi connectivity index (χ3n) is 11.9. The highest BCUT2D eigenvalue weighted by molar-refractivity contribution is 5.80. The number of aliphatic hydroxyl groups is 2. The van der Waals surface area contributed by atoms with Gasteiger partial charge in [-0.1, -0.05) is 20.8 Å². The van der Waals surface area contributed by atoms with Gasteiger partial charge in [0.25, 0.3) is 0 Å². The molecule has 11 atom stereocenters. The fourth-order valence-electron chi connectivity index (χ4n) is 9.81. The summed E-state index contributed by atoms with van der Waals surface area (Å²) in [7, 11) is 0. The number of aliphatic hydroxyl groups excluding tert-OH is 2. The topological polar surface area (TPSA) is 157 Å². The minimum atomic E-state index is -0.790. The lowest BCUT2D eigenvalue weighted by Gasteiger charge is -2.63. The van der Waals surface area contributed by atoms with E-state index in [2.05, 4.69) is 20.8 Å². The van der Waals surface area contributed by atoms with Crippen molar-refractivity contribution in [3.8, 4) is 0 Å². The third-order valence-corrected chi connectivity index (χ3v) is 11.9. The maximum Gasteiger partial charge on any atom is 0.344 e. The van der Waals surface area contributed by atoms with Crippen molar-refractivity contribution < 1.29 is 48.7 Å². The van der Waals surface area contributed by atoms with Crippen molar-refractivity contribution in [2.24, 2.45) is 46.3 Å². The summed E-state index contributed by atoms with van der Waals surface area (Å²) < 4.78 is 15.8. The Kier molecular flexibility index (Phi) is 10.5. The van der Waals surface area contributed by atoms with Gasteiger partial charge in [0, 0.05) is 6.42 Å². The van der Waals surface area contributed by atoms with Crippen LogP contribution in [0, 0.1) is 46.3 Å². The molecule has 4 fully saturated rings. The first kappa shape index (κ1) is 34.7. The number of esters is 3. The van der Waals surface area contributed by atoms with Crippen molar-refractivity contribution in [3.05, 3.63) is 0 Å². The van der Waals surface area contributed by atoms with E-state index in [9.17, 15) is 34.5 Å².